The molecule has 0 saturated heterocycles. The maximum Gasteiger partial charge on any atom is 0.135 e. The van der Waals surface area contributed by atoms with E-state index in [1.54, 1.807) is 0 Å². The first-order valence-electron chi connectivity index (χ1n) is 5.12. The summed E-state index contributed by atoms with van der Waals surface area (Å²) in [5.41, 5.74) is 1.06. The van der Waals surface area contributed by atoms with Gasteiger partial charge in [0.1, 0.15) is 5.78 Å². The molecule has 1 aliphatic rings. The predicted octanol–water partition coefficient (Wildman–Crippen LogP) is 2.98. The zero-order valence-corrected chi connectivity index (χ0v) is 9.17. The largest absolute Gasteiger partial charge is 0.373 e. The lowest BCUT2D eigenvalue weighted by atomic mass is 10.2. The highest BCUT2D eigenvalue weighted by molar-refractivity contribution is 6.30. The molecule has 1 unspecified atom stereocenters. The SMILES string of the molecule is O=C1CCC(OCc2cccc(Cl)c2)C1. The Morgan fingerprint density at radius 1 is 1.47 bits per heavy atom. The van der Waals surface area contributed by atoms with E-state index >= 15 is 0 Å². The zero-order valence-electron chi connectivity index (χ0n) is 8.41. The van der Waals surface area contributed by atoms with Gasteiger partial charge in [-0.15, -0.1) is 0 Å². The smallest absolute Gasteiger partial charge is 0.135 e. The van der Waals surface area contributed by atoms with Gasteiger partial charge in [-0.25, -0.2) is 0 Å². The van der Waals surface area contributed by atoms with Crippen LogP contribution in [0.5, 0.6) is 0 Å². The molecule has 0 spiro atoms. The number of hydrogen-bond acceptors (Lipinski definition) is 2. The second-order valence-corrected chi connectivity index (χ2v) is 4.28. The topological polar surface area (TPSA) is 26.3 Å². The predicted molar refractivity (Wildman–Crippen MR) is 58.9 cm³/mol. The van der Waals surface area contributed by atoms with Crippen molar-refractivity contribution in [3.63, 3.8) is 0 Å². The Kier molecular flexibility index (Phi) is 3.39. The maximum absolute atomic E-state index is 11.0. The average Bonchev–Trinajstić information content (AvgIpc) is 2.62. The minimum Gasteiger partial charge on any atom is -0.373 e. The minimum atomic E-state index is 0.108. The lowest BCUT2D eigenvalue weighted by Gasteiger charge is -2.10. The summed E-state index contributed by atoms with van der Waals surface area (Å²) in [6.45, 7) is 0.540. The molecule has 0 aliphatic heterocycles. The molecule has 0 aromatic heterocycles. The number of Topliss-reactive ketones (excluding diaryl/α,β-unsaturated/α-hetero) is 1. The van der Waals surface area contributed by atoms with Gasteiger partial charge < -0.3 is 4.74 Å². The molecule has 1 saturated carbocycles. The molecule has 0 amide bonds. The Morgan fingerprint density at radius 3 is 3.00 bits per heavy atom. The summed E-state index contributed by atoms with van der Waals surface area (Å²) in [6, 6.07) is 7.60. The second-order valence-electron chi connectivity index (χ2n) is 3.84. The molecule has 1 aliphatic carbocycles. The van der Waals surface area contributed by atoms with Crippen LogP contribution in [0.2, 0.25) is 5.02 Å². The van der Waals surface area contributed by atoms with Crippen molar-refractivity contribution in [2.75, 3.05) is 0 Å². The Hall–Kier alpha value is -0.860. The number of carbonyl (C=O) groups is 1. The van der Waals surface area contributed by atoms with E-state index in [1.165, 1.54) is 0 Å². The molecular weight excluding hydrogens is 212 g/mol. The molecule has 0 bridgehead atoms. The number of carbonyl (C=O) groups excluding carboxylic acids is 1. The minimum absolute atomic E-state index is 0.108. The first-order chi connectivity index (χ1) is 7.24. The van der Waals surface area contributed by atoms with Crippen molar-refractivity contribution in [2.24, 2.45) is 0 Å². The van der Waals surface area contributed by atoms with Crippen LogP contribution in [0.25, 0.3) is 0 Å². The molecule has 80 valence electrons. The lowest BCUT2D eigenvalue weighted by Crippen LogP contribution is -2.08. The summed E-state index contributed by atoms with van der Waals surface area (Å²) in [7, 11) is 0. The van der Waals surface area contributed by atoms with Gasteiger partial charge in [-0.05, 0) is 24.1 Å². The van der Waals surface area contributed by atoms with E-state index in [4.69, 9.17) is 16.3 Å². The van der Waals surface area contributed by atoms with Crippen LogP contribution in [0.3, 0.4) is 0 Å². The fourth-order valence-corrected chi connectivity index (χ4v) is 1.98. The van der Waals surface area contributed by atoms with Gasteiger partial charge in [-0.1, -0.05) is 23.7 Å². The molecule has 1 fully saturated rings. The van der Waals surface area contributed by atoms with Crippen LogP contribution in [-0.2, 0) is 16.1 Å². The van der Waals surface area contributed by atoms with Gasteiger partial charge in [-0.2, -0.15) is 0 Å². The summed E-state index contributed by atoms with van der Waals surface area (Å²) in [5, 5.41) is 0.721. The van der Waals surface area contributed by atoms with Crippen LogP contribution >= 0.6 is 11.6 Å². The summed E-state index contributed by atoms with van der Waals surface area (Å²) < 4.78 is 5.63. The van der Waals surface area contributed by atoms with Crippen molar-refractivity contribution in [1.29, 1.82) is 0 Å². The van der Waals surface area contributed by atoms with E-state index < -0.39 is 0 Å². The third kappa shape index (κ3) is 3.05. The molecular formula is C12H13ClO2. The Bertz CT molecular complexity index is 362. The Labute approximate surface area is 94.2 Å². The molecule has 0 N–H and O–H groups in total. The molecule has 15 heavy (non-hydrogen) atoms. The summed E-state index contributed by atoms with van der Waals surface area (Å²) in [6.07, 6.45) is 2.21. The van der Waals surface area contributed by atoms with Crippen molar-refractivity contribution in [1.82, 2.24) is 0 Å². The van der Waals surface area contributed by atoms with E-state index in [0.29, 0.717) is 25.2 Å². The third-order valence-corrected chi connectivity index (χ3v) is 2.81. The van der Waals surface area contributed by atoms with Crippen LogP contribution in [0.1, 0.15) is 24.8 Å². The van der Waals surface area contributed by atoms with Crippen molar-refractivity contribution >= 4 is 17.4 Å². The standard InChI is InChI=1S/C12H13ClO2/c13-10-3-1-2-9(6-10)8-15-12-5-4-11(14)7-12/h1-3,6,12H,4-5,7-8H2. The number of halogens is 1. The van der Waals surface area contributed by atoms with Crippen molar-refractivity contribution in [3.05, 3.63) is 34.9 Å². The maximum atomic E-state index is 11.0. The first-order valence-corrected chi connectivity index (χ1v) is 5.49. The van der Waals surface area contributed by atoms with Gasteiger partial charge in [0.25, 0.3) is 0 Å². The highest BCUT2D eigenvalue weighted by Crippen LogP contribution is 2.20. The van der Waals surface area contributed by atoms with Crippen molar-refractivity contribution in [3.8, 4) is 0 Å². The van der Waals surface area contributed by atoms with Crippen LogP contribution < -0.4 is 0 Å². The summed E-state index contributed by atoms with van der Waals surface area (Å²) in [4.78, 5) is 11.0. The molecule has 0 radical (unpaired) electrons. The van der Waals surface area contributed by atoms with Gasteiger partial charge in [0.15, 0.2) is 0 Å². The zero-order chi connectivity index (χ0) is 10.7. The quantitative estimate of drug-likeness (QED) is 0.789. The molecule has 1 aromatic rings. The monoisotopic (exact) mass is 224 g/mol. The van der Waals surface area contributed by atoms with Gasteiger partial charge in [0, 0.05) is 17.9 Å². The number of ether oxygens (including phenoxy) is 1. The second kappa shape index (κ2) is 4.77. The highest BCUT2D eigenvalue weighted by Gasteiger charge is 2.22. The highest BCUT2D eigenvalue weighted by atomic mass is 35.5. The van der Waals surface area contributed by atoms with Crippen LogP contribution in [0.15, 0.2) is 24.3 Å². The summed E-state index contributed by atoms with van der Waals surface area (Å²) in [5.74, 6) is 0.311. The molecule has 0 heterocycles. The van der Waals surface area contributed by atoms with Crippen LogP contribution in [0, 0.1) is 0 Å². The molecule has 3 heteroatoms. The van der Waals surface area contributed by atoms with Crippen LogP contribution in [-0.4, -0.2) is 11.9 Å². The Morgan fingerprint density at radius 2 is 2.33 bits per heavy atom. The molecule has 1 atom stereocenters. The normalized spacial score (nSPS) is 20.9. The number of rotatable bonds is 3. The van der Waals surface area contributed by atoms with E-state index in [2.05, 4.69) is 0 Å². The lowest BCUT2D eigenvalue weighted by molar-refractivity contribution is -0.118. The van der Waals surface area contributed by atoms with Gasteiger partial charge in [0.05, 0.1) is 12.7 Å². The number of benzene rings is 1. The van der Waals surface area contributed by atoms with Gasteiger partial charge in [-0.3, -0.25) is 4.79 Å². The molecule has 2 nitrogen and oxygen atoms in total. The fourth-order valence-electron chi connectivity index (χ4n) is 1.76. The number of ketones is 1. The van der Waals surface area contributed by atoms with Gasteiger partial charge >= 0.3 is 0 Å². The number of hydrogen-bond donors (Lipinski definition) is 0. The Balaban J connectivity index is 1.85. The van der Waals surface area contributed by atoms with E-state index in [0.717, 1.165) is 17.0 Å². The van der Waals surface area contributed by atoms with Gasteiger partial charge in [0.2, 0.25) is 0 Å². The van der Waals surface area contributed by atoms with E-state index in [9.17, 15) is 4.79 Å². The van der Waals surface area contributed by atoms with Crippen molar-refractivity contribution < 1.29 is 9.53 Å². The average molecular weight is 225 g/mol. The van der Waals surface area contributed by atoms with Crippen molar-refractivity contribution in [2.45, 2.75) is 32.0 Å². The first kappa shape index (κ1) is 10.7. The van der Waals surface area contributed by atoms with E-state index in [1.807, 2.05) is 24.3 Å². The van der Waals surface area contributed by atoms with E-state index in [-0.39, 0.29) is 6.10 Å². The molecule has 1 aromatic carbocycles. The summed E-state index contributed by atoms with van der Waals surface area (Å²) >= 11 is 5.85. The fraction of sp³-hybridized carbons (Fsp3) is 0.417. The van der Waals surface area contributed by atoms with Crippen LogP contribution in [0.4, 0.5) is 0 Å². The molecule has 2 rings (SSSR count). The third-order valence-electron chi connectivity index (χ3n) is 2.58.